The molecule has 3 rings (SSSR count). The van der Waals surface area contributed by atoms with Crippen molar-refractivity contribution in [3.05, 3.63) is 35.9 Å². The molecular formula is C19H27N3O2. The van der Waals surface area contributed by atoms with Gasteiger partial charge in [-0.3, -0.25) is 9.59 Å². The summed E-state index contributed by atoms with van der Waals surface area (Å²) in [7, 11) is 2.11. The normalized spacial score (nSPS) is 25.6. The summed E-state index contributed by atoms with van der Waals surface area (Å²) in [6.45, 7) is 5.46. The number of hydrogen-bond donors (Lipinski definition) is 0. The smallest absolute Gasteiger partial charge is 0.228 e. The molecule has 2 saturated heterocycles. The molecule has 2 atom stereocenters. The van der Waals surface area contributed by atoms with Gasteiger partial charge >= 0.3 is 0 Å². The highest BCUT2D eigenvalue weighted by molar-refractivity contribution is 5.81. The molecule has 24 heavy (non-hydrogen) atoms. The van der Waals surface area contributed by atoms with E-state index in [-0.39, 0.29) is 23.8 Å². The number of likely N-dealkylation sites (tertiary alicyclic amines) is 1. The van der Waals surface area contributed by atoms with Gasteiger partial charge in [0.05, 0.1) is 12.0 Å². The van der Waals surface area contributed by atoms with Crippen LogP contribution in [-0.4, -0.2) is 66.3 Å². The molecule has 5 nitrogen and oxygen atoms in total. The van der Waals surface area contributed by atoms with Gasteiger partial charge in [0, 0.05) is 39.6 Å². The van der Waals surface area contributed by atoms with Gasteiger partial charge in [0.25, 0.3) is 0 Å². The molecule has 0 radical (unpaired) electrons. The Morgan fingerprint density at radius 3 is 2.50 bits per heavy atom. The zero-order chi connectivity index (χ0) is 17.1. The highest BCUT2D eigenvalue weighted by atomic mass is 16.2. The van der Waals surface area contributed by atoms with Crippen molar-refractivity contribution < 1.29 is 9.59 Å². The van der Waals surface area contributed by atoms with Crippen molar-refractivity contribution >= 4 is 11.8 Å². The third kappa shape index (κ3) is 3.61. The standard InChI is InChI=1S/C19H27N3O2/c1-15(23)21-10-6-9-17(13-21)19(24)22-12-11-20(2)14-18(22)16-7-4-3-5-8-16/h3-5,7-8,17-18H,6,9-14H2,1-2H3/t17-,18-/m0/s1. The van der Waals surface area contributed by atoms with E-state index in [1.807, 2.05) is 28.0 Å². The fourth-order valence-electron chi connectivity index (χ4n) is 3.84. The first-order valence-corrected chi connectivity index (χ1v) is 8.85. The van der Waals surface area contributed by atoms with Gasteiger partial charge in [-0.1, -0.05) is 30.3 Å². The number of likely N-dealkylation sites (N-methyl/N-ethyl adjacent to an activating group) is 1. The second-order valence-electron chi connectivity index (χ2n) is 7.02. The van der Waals surface area contributed by atoms with Crippen molar-refractivity contribution in [2.24, 2.45) is 5.92 Å². The first kappa shape index (κ1) is 17.0. The summed E-state index contributed by atoms with van der Waals surface area (Å²) in [6, 6.07) is 10.4. The Bertz CT molecular complexity index is 590. The predicted octanol–water partition coefficient (Wildman–Crippen LogP) is 1.76. The summed E-state index contributed by atoms with van der Waals surface area (Å²) in [5.74, 6) is 0.227. The van der Waals surface area contributed by atoms with Gasteiger partial charge in [0.15, 0.2) is 0 Å². The lowest BCUT2D eigenvalue weighted by atomic mass is 9.94. The zero-order valence-electron chi connectivity index (χ0n) is 14.6. The lowest BCUT2D eigenvalue weighted by Gasteiger charge is -2.43. The highest BCUT2D eigenvalue weighted by Crippen LogP contribution is 2.28. The van der Waals surface area contributed by atoms with Crippen LogP contribution in [0.5, 0.6) is 0 Å². The molecular weight excluding hydrogens is 302 g/mol. The molecule has 2 aliphatic heterocycles. The van der Waals surface area contributed by atoms with Crippen LogP contribution >= 0.6 is 0 Å². The van der Waals surface area contributed by atoms with Crippen LogP contribution in [0.15, 0.2) is 30.3 Å². The summed E-state index contributed by atoms with van der Waals surface area (Å²) < 4.78 is 0. The Morgan fingerprint density at radius 1 is 1.04 bits per heavy atom. The number of piperidine rings is 1. The van der Waals surface area contributed by atoms with E-state index in [1.54, 1.807) is 6.92 Å². The Labute approximate surface area is 144 Å². The first-order valence-electron chi connectivity index (χ1n) is 8.85. The first-order chi connectivity index (χ1) is 11.6. The third-order valence-electron chi connectivity index (χ3n) is 5.27. The van der Waals surface area contributed by atoms with Gasteiger partial charge in [0.1, 0.15) is 0 Å². The number of nitrogens with zero attached hydrogens (tertiary/aromatic N) is 3. The molecule has 0 saturated carbocycles. The van der Waals surface area contributed by atoms with Crippen molar-refractivity contribution in [2.45, 2.75) is 25.8 Å². The van der Waals surface area contributed by atoms with Crippen molar-refractivity contribution in [3.8, 4) is 0 Å². The van der Waals surface area contributed by atoms with Crippen LogP contribution in [0.2, 0.25) is 0 Å². The molecule has 2 amide bonds. The molecule has 0 bridgehead atoms. The van der Waals surface area contributed by atoms with Gasteiger partial charge in [-0.15, -0.1) is 0 Å². The minimum absolute atomic E-state index is 0.0581. The maximum atomic E-state index is 13.2. The molecule has 0 N–H and O–H groups in total. The predicted molar refractivity (Wildman–Crippen MR) is 93.4 cm³/mol. The third-order valence-corrected chi connectivity index (χ3v) is 5.27. The number of piperazine rings is 1. The van der Waals surface area contributed by atoms with Crippen molar-refractivity contribution in [2.75, 3.05) is 39.8 Å². The number of carbonyl (C=O) groups excluding carboxylic acids is 2. The van der Waals surface area contributed by atoms with Crippen LogP contribution < -0.4 is 0 Å². The molecule has 0 spiro atoms. The van der Waals surface area contributed by atoms with E-state index < -0.39 is 0 Å². The fourth-order valence-corrected chi connectivity index (χ4v) is 3.84. The number of rotatable bonds is 2. The molecule has 130 valence electrons. The Hall–Kier alpha value is -1.88. The second-order valence-corrected chi connectivity index (χ2v) is 7.02. The van der Waals surface area contributed by atoms with Gasteiger partial charge in [-0.2, -0.15) is 0 Å². The van der Waals surface area contributed by atoms with Crippen LogP contribution in [0.3, 0.4) is 0 Å². The lowest BCUT2D eigenvalue weighted by Crippen LogP contribution is -2.53. The molecule has 1 aromatic carbocycles. The lowest BCUT2D eigenvalue weighted by molar-refractivity contribution is -0.144. The highest BCUT2D eigenvalue weighted by Gasteiger charge is 2.36. The molecule has 1 aromatic rings. The van der Waals surface area contributed by atoms with Crippen LogP contribution in [-0.2, 0) is 9.59 Å². The maximum Gasteiger partial charge on any atom is 0.228 e. The summed E-state index contributed by atoms with van der Waals surface area (Å²) in [5, 5.41) is 0. The van der Waals surface area contributed by atoms with E-state index in [4.69, 9.17) is 0 Å². The summed E-state index contributed by atoms with van der Waals surface area (Å²) >= 11 is 0. The topological polar surface area (TPSA) is 43.9 Å². The molecule has 2 aliphatic rings. The van der Waals surface area contributed by atoms with E-state index in [0.29, 0.717) is 6.54 Å². The summed E-state index contributed by atoms with van der Waals surface area (Å²) in [5.41, 5.74) is 1.19. The summed E-state index contributed by atoms with van der Waals surface area (Å²) in [6.07, 6.45) is 1.80. The molecule has 5 heteroatoms. The van der Waals surface area contributed by atoms with Crippen LogP contribution in [0.4, 0.5) is 0 Å². The summed E-state index contributed by atoms with van der Waals surface area (Å²) in [4.78, 5) is 31.0. The number of benzene rings is 1. The van der Waals surface area contributed by atoms with Crippen molar-refractivity contribution in [1.29, 1.82) is 0 Å². The average Bonchev–Trinajstić information content (AvgIpc) is 2.62. The Kier molecular flexibility index (Phi) is 5.19. The molecule has 0 unspecified atom stereocenters. The van der Waals surface area contributed by atoms with Crippen molar-refractivity contribution in [3.63, 3.8) is 0 Å². The largest absolute Gasteiger partial charge is 0.342 e. The van der Waals surface area contributed by atoms with Gasteiger partial charge in [-0.05, 0) is 25.5 Å². The second kappa shape index (κ2) is 7.34. The van der Waals surface area contributed by atoms with Crippen LogP contribution in [0, 0.1) is 5.92 Å². The van der Waals surface area contributed by atoms with Gasteiger partial charge in [-0.25, -0.2) is 0 Å². The maximum absolute atomic E-state index is 13.2. The number of amides is 2. The quantitative estimate of drug-likeness (QED) is 0.830. The van der Waals surface area contributed by atoms with Crippen molar-refractivity contribution in [1.82, 2.24) is 14.7 Å². The number of carbonyl (C=O) groups is 2. The van der Waals surface area contributed by atoms with E-state index in [2.05, 4.69) is 24.1 Å². The Balaban J connectivity index is 1.77. The number of hydrogen-bond acceptors (Lipinski definition) is 3. The average molecular weight is 329 g/mol. The van der Waals surface area contributed by atoms with E-state index in [1.165, 1.54) is 5.56 Å². The molecule has 2 fully saturated rings. The van der Waals surface area contributed by atoms with Gasteiger partial charge in [0.2, 0.25) is 11.8 Å². The van der Waals surface area contributed by atoms with E-state index >= 15 is 0 Å². The molecule has 2 heterocycles. The van der Waals surface area contributed by atoms with Gasteiger partial charge < -0.3 is 14.7 Å². The Morgan fingerprint density at radius 2 is 1.79 bits per heavy atom. The zero-order valence-corrected chi connectivity index (χ0v) is 14.6. The molecule has 0 aromatic heterocycles. The van der Waals surface area contributed by atoms with Crippen LogP contribution in [0.1, 0.15) is 31.4 Å². The van der Waals surface area contributed by atoms with E-state index in [0.717, 1.165) is 39.0 Å². The minimum Gasteiger partial charge on any atom is -0.342 e. The molecule has 0 aliphatic carbocycles. The fraction of sp³-hybridized carbons (Fsp3) is 0.579. The van der Waals surface area contributed by atoms with E-state index in [9.17, 15) is 9.59 Å². The minimum atomic E-state index is -0.0581. The van der Waals surface area contributed by atoms with Crippen LogP contribution in [0.25, 0.3) is 0 Å². The monoisotopic (exact) mass is 329 g/mol. The SMILES string of the molecule is CC(=O)N1CCC[C@H](C(=O)N2CCN(C)C[C@H]2c2ccccc2)C1.